The van der Waals surface area contributed by atoms with Crippen molar-refractivity contribution >= 4 is 6.09 Å². The summed E-state index contributed by atoms with van der Waals surface area (Å²) in [6, 6.07) is 9.45. The molecule has 3 N–H and O–H groups in total. The molecule has 0 radical (unpaired) electrons. The van der Waals surface area contributed by atoms with Crippen molar-refractivity contribution in [2.24, 2.45) is 5.73 Å². The molecule has 0 saturated heterocycles. The quantitative estimate of drug-likeness (QED) is 0.789. The van der Waals surface area contributed by atoms with E-state index in [2.05, 4.69) is 10.3 Å². The molecule has 1 atom stereocenters. The smallest absolute Gasteiger partial charge is 0.407 e. The van der Waals surface area contributed by atoms with E-state index in [0.29, 0.717) is 31.0 Å². The fourth-order valence-electron chi connectivity index (χ4n) is 2.14. The standard InChI is InChI=1S/C18H25N3O3/c1-18(2,3)24-17(22)20-11-7-10-14(19)16-21-12-15(23-16)13-8-5-4-6-9-13/h4-6,8-9,12,14H,7,10-11,19H2,1-3H3,(H,20,22)/t14-/m0/s1. The van der Waals surface area contributed by atoms with Gasteiger partial charge in [0.05, 0.1) is 12.2 Å². The number of hydrogen-bond acceptors (Lipinski definition) is 5. The van der Waals surface area contributed by atoms with Crippen molar-refractivity contribution in [3.8, 4) is 11.3 Å². The average Bonchev–Trinajstić information content (AvgIpc) is 3.00. The minimum absolute atomic E-state index is 0.303. The summed E-state index contributed by atoms with van der Waals surface area (Å²) < 4.78 is 10.9. The fraction of sp³-hybridized carbons (Fsp3) is 0.444. The van der Waals surface area contributed by atoms with Gasteiger partial charge >= 0.3 is 6.09 Å². The Labute approximate surface area is 142 Å². The SMILES string of the molecule is CC(C)(C)OC(=O)NCCC[C@H](N)c1ncc(-c2ccccc2)o1. The van der Waals surface area contributed by atoms with Gasteiger partial charge in [0, 0.05) is 12.1 Å². The molecule has 0 unspecified atom stereocenters. The molecular formula is C18H25N3O3. The molecule has 1 aromatic carbocycles. The van der Waals surface area contributed by atoms with Crippen LogP contribution in [0.1, 0.15) is 45.5 Å². The number of hydrogen-bond donors (Lipinski definition) is 2. The highest BCUT2D eigenvalue weighted by atomic mass is 16.6. The topological polar surface area (TPSA) is 90.4 Å². The Bertz CT molecular complexity index is 647. The molecule has 6 heteroatoms. The summed E-state index contributed by atoms with van der Waals surface area (Å²) in [5.41, 5.74) is 6.58. The highest BCUT2D eigenvalue weighted by Gasteiger charge is 2.16. The van der Waals surface area contributed by atoms with Gasteiger partial charge < -0.3 is 20.2 Å². The zero-order valence-electron chi connectivity index (χ0n) is 14.4. The number of ether oxygens (including phenoxy) is 1. The van der Waals surface area contributed by atoms with Gasteiger partial charge in [-0.05, 0) is 33.6 Å². The minimum atomic E-state index is -0.494. The van der Waals surface area contributed by atoms with E-state index in [1.165, 1.54) is 0 Å². The number of carbonyl (C=O) groups excluding carboxylic acids is 1. The maximum Gasteiger partial charge on any atom is 0.407 e. The third-order valence-electron chi connectivity index (χ3n) is 3.26. The number of nitrogens with zero attached hydrogens (tertiary/aromatic N) is 1. The van der Waals surface area contributed by atoms with Gasteiger partial charge in [0.15, 0.2) is 5.76 Å². The Kier molecular flexibility index (Phi) is 5.98. The lowest BCUT2D eigenvalue weighted by Gasteiger charge is -2.19. The molecule has 0 spiro atoms. The normalized spacial score (nSPS) is 12.7. The van der Waals surface area contributed by atoms with Crippen LogP contribution in [-0.4, -0.2) is 23.2 Å². The van der Waals surface area contributed by atoms with Crippen LogP contribution >= 0.6 is 0 Å². The van der Waals surface area contributed by atoms with E-state index in [9.17, 15) is 4.79 Å². The van der Waals surface area contributed by atoms with Crippen LogP contribution in [0.3, 0.4) is 0 Å². The molecule has 6 nitrogen and oxygen atoms in total. The molecule has 0 bridgehead atoms. The number of carbonyl (C=O) groups is 1. The Morgan fingerprint density at radius 2 is 2.04 bits per heavy atom. The monoisotopic (exact) mass is 331 g/mol. The van der Waals surface area contributed by atoms with Crippen LogP contribution in [0.2, 0.25) is 0 Å². The lowest BCUT2D eigenvalue weighted by atomic mass is 10.1. The van der Waals surface area contributed by atoms with Crippen molar-refractivity contribution in [1.29, 1.82) is 0 Å². The zero-order chi connectivity index (χ0) is 17.6. The summed E-state index contributed by atoms with van der Waals surface area (Å²) >= 11 is 0. The van der Waals surface area contributed by atoms with Crippen molar-refractivity contribution in [1.82, 2.24) is 10.3 Å². The number of rotatable bonds is 6. The molecule has 2 rings (SSSR count). The molecule has 1 heterocycles. The van der Waals surface area contributed by atoms with Gasteiger partial charge in [-0.15, -0.1) is 0 Å². The van der Waals surface area contributed by atoms with E-state index >= 15 is 0 Å². The number of alkyl carbamates (subject to hydrolysis) is 1. The van der Waals surface area contributed by atoms with Crippen LogP contribution in [0.4, 0.5) is 4.79 Å². The number of amides is 1. The predicted molar refractivity (Wildman–Crippen MR) is 92.3 cm³/mol. The first-order chi connectivity index (χ1) is 11.3. The highest BCUT2D eigenvalue weighted by Crippen LogP contribution is 2.23. The van der Waals surface area contributed by atoms with E-state index in [1.54, 1.807) is 6.20 Å². The minimum Gasteiger partial charge on any atom is -0.444 e. The maximum absolute atomic E-state index is 11.5. The summed E-state index contributed by atoms with van der Waals surface area (Å²) in [6.07, 6.45) is 2.64. The Balaban J connectivity index is 1.76. The molecular weight excluding hydrogens is 306 g/mol. The first-order valence-electron chi connectivity index (χ1n) is 8.09. The fourth-order valence-corrected chi connectivity index (χ4v) is 2.14. The second-order valence-electron chi connectivity index (χ2n) is 6.61. The maximum atomic E-state index is 11.5. The van der Waals surface area contributed by atoms with Crippen LogP contribution < -0.4 is 11.1 Å². The van der Waals surface area contributed by atoms with E-state index < -0.39 is 11.7 Å². The van der Waals surface area contributed by atoms with Crippen LogP contribution in [0.25, 0.3) is 11.3 Å². The van der Waals surface area contributed by atoms with Gasteiger partial charge in [-0.1, -0.05) is 30.3 Å². The van der Waals surface area contributed by atoms with Crippen molar-refractivity contribution in [3.63, 3.8) is 0 Å². The predicted octanol–water partition coefficient (Wildman–Crippen LogP) is 3.65. The lowest BCUT2D eigenvalue weighted by Crippen LogP contribution is -2.33. The van der Waals surface area contributed by atoms with Crippen molar-refractivity contribution < 1.29 is 13.9 Å². The van der Waals surface area contributed by atoms with E-state index in [-0.39, 0.29) is 6.04 Å². The third kappa shape index (κ3) is 5.70. The number of oxazole rings is 1. The van der Waals surface area contributed by atoms with Gasteiger partial charge in [-0.25, -0.2) is 9.78 Å². The summed E-state index contributed by atoms with van der Waals surface area (Å²) in [6.45, 7) is 5.98. The van der Waals surface area contributed by atoms with Crippen molar-refractivity contribution in [2.45, 2.75) is 45.3 Å². The third-order valence-corrected chi connectivity index (χ3v) is 3.26. The summed E-state index contributed by atoms with van der Waals surface area (Å²) in [4.78, 5) is 15.8. The van der Waals surface area contributed by atoms with E-state index in [4.69, 9.17) is 14.9 Å². The van der Waals surface area contributed by atoms with Crippen molar-refractivity contribution in [2.75, 3.05) is 6.54 Å². The average molecular weight is 331 g/mol. The van der Waals surface area contributed by atoms with Crippen LogP contribution in [0.5, 0.6) is 0 Å². The van der Waals surface area contributed by atoms with Gasteiger partial charge in [-0.3, -0.25) is 0 Å². The van der Waals surface area contributed by atoms with E-state index in [1.807, 2.05) is 51.1 Å². The molecule has 0 fully saturated rings. The van der Waals surface area contributed by atoms with E-state index in [0.717, 1.165) is 5.56 Å². The van der Waals surface area contributed by atoms with Gasteiger partial charge in [0.1, 0.15) is 5.60 Å². The van der Waals surface area contributed by atoms with Crippen LogP contribution in [-0.2, 0) is 4.74 Å². The molecule has 1 aromatic heterocycles. The van der Waals surface area contributed by atoms with Gasteiger partial charge in [0.2, 0.25) is 5.89 Å². The highest BCUT2D eigenvalue weighted by molar-refractivity contribution is 5.67. The first kappa shape index (κ1) is 18.0. The van der Waals surface area contributed by atoms with Crippen LogP contribution in [0.15, 0.2) is 40.9 Å². The second kappa shape index (κ2) is 7.97. The molecule has 0 aliphatic carbocycles. The molecule has 0 saturated carbocycles. The van der Waals surface area contributed by atoms with Gasteiger partial charge in [0.25, 0.3) is 0 Å². The lowest BCUT2D eigenvalue weighted by molar-refractivity contribution is 0.0526. The summed E-state index contributed by atoms with van der Waals surface area (Å²) in [5, 5.41) is 2.71. The second-order valence-corrected chi connectivity index (χ2v) is 6.61. The Hall–Kier alpha value is -2.34. The first-order valence-corrected chi connectivity index (χ1v) is 8.09. The molecule has 0 aliphatic heterocycles. The van der Waals surface area contributed by atoms with Gasteiger partial charge in [-0.2, -0.15) is 0 Å². The number of nitrogens with one attached hydrogen (secondary N) is 1. The summed E-state index contributed by atoms with van der Waals surface area (Å²) in [5.74, 6) is 1.21. The summed E-state index contributed by atoms with van der Waals surface area (Å²) in [7, 11) is 0. The molecule has 130 valence electrons. The van der Waals surface area contributed by atoms with Crippen LogP contribution in [0, 0.1) is 0 Å². The van der Waals surface area contributed by atoms with Crippen molar-refractivity contribution in [3.05, 3.63) is 42.4 Å². The number of benzene rings is 1. The molecule has 0 aliphatic rings. The number of nitrogens with two attached hydrogens (primary N) is 1. The largest absolute Gasteiger partial charge is 0.444 e. The Morgan fingerprint density at radius 3 is 2.71 bits per heavy atom. The number of aromatic nitrogens is 1. The molecule has 24 heavy (non-hydrogen) atoms. The molecule has 2 aromatic rings. The Morgan fingerprint density at radius 1 is 1.33 bits per heavy atom. The molecule has 1 amide bonds. The zero-order valence-corrected chi connectivity index (χ0v) is 14.4.